The standard InChI is InChI=1S/C19H23ClN2O3S/c1-15(21-26(23,24)18-9-7-17(20)8-10-18)19(16-5-3-2-4-6-16)22-11-13-25-14-12-22/h2-10,15,19,21H,11-14H2,1H3/t15-,19-/m1/s1. The van der Waals surface area contributed by atoms with Crippen molar-refractivity contribution in [3.8, 4) is 0 Å². The van der Waals surface area contributed by atoms with Crippen LogP contribution in [0.4, 0.5) is 0 Å². The molecule has 2 atom stereocenters. The number of morpholine rings is 1. The summed E-state index contributed by atoms with van der Waals surface area (Å²) in [6.45, 7) is 4.75. The van der Waals surface area contributed by atoms with Gasteiger partial charge in [0.2, 0.25) is 10.0 Å². The molecule has 1 heterocycles. The van der Waals surface area contributed by atoms with E-state index in [1.54, 1.807) is 12.1 Å². The van der Waals surface area contributed by atoms with E-state index in [4.69, 9.17) is 16.3 Å². The Kier molecular flexibility index (Phi) is 6.32. The summed E-state index contributed by atoms with van der Waals surface area (Å²) < 4.78 is 33.8. The number of hydrogen-bond donors (Lipinski definition) is 1. The molecule has 0 unspecified atom stereocenters. The average Bonchev–Trinajstić information content (AvgIpc) is 2.63. The van der Waals surface area contributed by atoms with E-state index in [9.17, 15) is 8.42 Å². The van der Waals surface area contributed by atoms with Crippen LogP contribution in [0, 0.1) is 0 Å². The van der Waals surface area contributed by atoms with E-state index in [0.717, 1.165) is 18.7 Å². The minimum absolute atomic E-state index is 0.0674. The van der Waals surface area contributed by atoms with Gasteiger partial charge in [-0.2, -0.15) is 0 Å². The van der Waals surface area contributed by atoms with Crippen LogP contribution in [0.15, 0.2) is 59.5 Å². The lowest BCUT2D eigenvalue weighted by atomic mass is 9.99. The molecule has 26 heavy (non-hydrogen) atoms. The van der Waals surface area contributed by atoms with Gasteiger partial charge in [-0.05, 0) is 36.8 Å². The molecular weight excluding hydrogens is 372 g/mol. The van der Waals surface area contributed by atoms with E-state index < -0.39 is 10.0 Å². The summed E-state index contributed by atoms with van der Waals surface area (Å²) in [6, 6.07) is 15.8. The Balaban J connectivity index is 1.85. The monoisotopic (exact) mass is 394 g/mol. The third-order valence-electron chi connectivity index (χ3n) is 4.52. The van der Waals surface area contributed by atoms with Crippen LogP contribution >= 0.6 is 11.6 Å². The Labute approximate surface area is 160 Å². The zero-order chi connectivity index (χ0) is 18.6. The highest BCUT2D eigenvalue weighted by Crippen LogP contribution is 2.26. The summed E-state index contributed by atoms with van der Waals surface area (Å²) in [5.41, 5.74) is 1.08. The summed E-state index contributed by atoms with van der Waals surface area (Å²) in [4.78, 5) is 2.48. The van der Waals surface area contributed by atoms with Gasteiger partial charge in [-0.25, -0.2) is 13.1 Å². The molecule has 0 radical (unpaired) electrons. The predicted octanol–water partition coefficient (Wildman–Crippen LogP) is 3.08. The van der Waals surface area contributed by atoms with E-state index in [1.165, 1.54) is 12.1 Å². The number of benzene rings is 2. The van der Waals surface area contributed by atoms with Gasteiger partial charge in [0, 0.05) is 24.2 Å². The number of nitrogens with one attached hydrogen (secondary N) is 1. The lowest BCUT2D eigenvalue weighted by Gasteiger charge is -2.38. The van der Waals surface area contributed by atoms with Gasteiger partial charge in [0.15, 0.2) is 0 Å². The highest BCUT2D eigenvalue weighted by Gasteiger charge is 2.30. The SMILES string of the molecule is C[C@@H](NS(=O)(=O)c1ccc(Cl)cc1)[C@H](c1ccccc1)N1CCOCC1. The van der Waals surface area contributed by atoms with Crippen LogP contribution in [-0.2, 0) is 14.8 Å². The van der Waals surface area contributed by atoms with Crippen LogP contribution in [0.5, 0.6) is 0 Å². The minimum atomic E-state index is -3.63. The maximum absolute atomic E-state index is 12.8. The number of hydrogen-bond acceptors (Lipinski definition) is 4. The van der Waals surface area contributed by atoms with Gasteiger partial charge in [0.1, 0.15) is 0 Å². The first kappa shape index (κ1) is 19.3. The third kappa shape index (κ3) is 4.64. The second-order valence-corrected chi connectivity index (χ2v) is 8.52. The predicted molar refractivity (Wildman–Crippen MR) is 103 cm³/mol. The fourth-order valence-electron chi connectivity index (χ4n) is 3.31. The molecule has 0 amide bonds. The lowest BCUT2D eigenvalue weighted by Crippen LogP contribution is -2.48. The molecule has 1 N–H and O–H groups in total. The van der Waals surface area contributed by atoms with Gasteiger partial charge in [0.05, 0.1) is 24.2 Å². The van der Waals surface area contributed by atoms with Gasteiger partial charge in [-0.1, -0.05) is 41.9 Å². The number of halogens is 1. The molecule has 1 aliphatic rings. The quantitative estimate of drug-likeness (QED) is 0.818. The molecule has 0 spiro atoms. The van der Waals surface area contributed by atoms with Crippen LogP contribution in [0.3, 0.4) is 0 Å². The van der Waals surface area contributed by atoms with Crippen LogP contribution in [0.25, 0.3) is 0 Å². The average molecular weight is 395 g/mol. The van der Waals surface area contributed by atoms with Crippen molar-refractivity contribution < 1.29 is 13.2 Å². The molecule has 3 rings (SSSR count). The van der Waals surface area contributed by atoms with Crippen LogP contribution < -0.4 is 4.72 Å². The minimum Gasteiger partial charge on any atom is -0.379 e. The van der Waals surface area contributed by atoms with Gasteiger partial charge in [0.25, 0.3) is 0 Å². The molecule has 1 aliphatic heterocycles. The summed E-state index contributed by atoms with van der Waals surface area (Å²) in [5.74, 6) is 0. The zero-order valence-corrected chi connectivity index (χ0v) is 16.2. The number of nitrogens with zero attached hydrogens (tertiary/aromatic N) is 1. The van der Waals surface area contributed by atoms with Crippen LogP contribution in [-0.4, -0.2) is 45.7 Å². The fourth-order valence-corrected chi connectivity index (χ4v) is 4.69. The Morgan fingerprint density at radius 1 is 1.04 bits per heavy atom. The molecular formula is C19H23ClN2O3S. The zero-order valence-electron chi connectivity index (χ0n) is 14.6. The highest BCUT2D eigenvalue weighted by atomic mass is 35.5. The van der Waals surface area contributed by atoms with Crippen molar-refractivity contribution in [2.45, 2.75) is 23.9 Å². The molecule has 140 valence electrons. The molecule has 1 saturated heterocycles. The topological polar surface area (TPSA) is 58.6 Å². The summed E-state index contributed by atoms with van der Waals surface area (Å²) >= 11 is 5.87. The van der Waals surface area contributed by atoms with Crippen molar-refractivity contribution in [3.63, 3.8) is 0 Å². The Bertz CT molecular complexity index is 806. The summed E-state index contributed by atoms with van der Waals surface area (Å²) in [5, 5.41) is 0.507. The first-order valence-corrected chi connectivity index (χ1v) is 10.5. The molecule has 0 aromatic heterocycles. The van der Waals surface area contributed by atoms with Crippen molar-refractivity contribution >= 4 is 21.6 Å². The molecule has 0 aliphatic carbocycles. The Hall–Kier alpha value is -1.44. The van der Waals surface area contributed by atoms with E-state index in [0.29, 0.717) is 18.2 Å². The van der Waals surface area contributed by atoms with E-state index in [2.05, 4.69) is 9.62 Å². The molecule has 1 fully saturated rings. The Morgan fingerprint density at radius 3 is 2.27 bits per heavy atom. The molecule has 2 aromatic rings. The maximum Gasteiger partial charge on any atom is 0.240 e. The first-order chi connectivity index (χ1) is 12.5. The molecule has 5 nitrogen and oxygen atoms in total. The second kappa shape index (κ2) is 8.50. The van der Waals surface area contributed by atoms with E-state index in [1.807, 2.05) is 37.3 Å². The second-order valence-electron chi connectivity index (χ2n) is 6.37. The number of ether oxygens (including phenoxy) is 1. The van der Waals surface area contributed by atoms with Gasteiger partial charge in [-0.15, -0.1) is 0 Å². The van der Waals surface area contributed by atoms with Gasteiger partial charge < -0.3 is 4.74 Å². The van der Waals surface area contributed by atoms with E-state index >= 15 is 0 Å². The van der Waals surface area contributed by atoms with Gasteiger partial charge in [-0.3, -0.25) is 4.90 Å². The number of rotatable bonds is 6. The molecule has 2 aromatic carbocycles. The third-order valence-corrected chi connectivity index (χ3v) is 6.35. The Morgan fingerprint density at radius 2 is 1.65 bits per heavy atom. The first-order valence-electron chi connectivity index (χ1n) is 8.62. The van der Waals surface area contributed by atoms with Gasteiger partial charge >= 0.3 is 0 Å². The highest BCUT2D eigenvalue weighted by molar-refractivity contribution is 7.89. The summed E-state index contributed by atoms with van der Waals surface area (Å²) in [6.07, 6.45) is 0. The largest absolute Gasteiger partial charge is 0.379 e. The van der Waals surface area contributed by atoms with Crippen LogP contribution in [0.1, 0.15) is 18.5 Å². The molecule has 7 heteroatoms. The number of sulfonamides is 1. The normalized spacial score (nSPS) is 18.4. The molecule has 0 bridgehead atoms. The van der Waals surface area contributed by atoms with Crippen molar-refractivity contribution in [2.75, 3.05) is 26.3 Å². The van der Waals surface area contributed by atoms with Crippen LogP contribution in [0.2, 0.25) is 5.02 Å². The van der Waals surface area contributed by atoms with E-state index in [-0.39, 0.29) is 17.0 Å². The van der Waals surface area contributed by atoms with Crippen molar-refractivity contribution in [3.05, 3.63) is 65.2 Å². The smallest absolute Gasteiger partial charge is 0.240 e. The maximum atomic E-state index is 12.8. The van der Waals surface area contributed by atoms with Crippen molar-refractivity contribution in [1.82, 2.24) is 9.62 Å². The lowest BCUT2D eigenvalue weighted by molar-refractivity contribution is 0.0105. The van der Waals surface area contributed by atoms with Crippen molar-refractivity contribution in [2.24, 2.45) is 0 Å². The van der Waals surface area contributed by atoms with Crippen molar-refractivity contribution in [1.29, 1.82) is 0 Å². The molecule has 0 saturated carbocycles. The summed E-state index contributed by atoms with van der Waals surface area (Å²) in [7, 11) is -3.63. The fraction of sp³-hybridized carbons (Fsp3) is 0.368.